The number of carboxylic acid groups (broad SMARTS) is 1. The Hall–Kier alpha value is -3.71. The number of carbonyl (C=O) groups is 1. The summed E-state index contributed by atoms with van der Waals surface area (Å²) in [5.74, 6) is -1.33. The van der Waals surface area contributed by atoms with Crippen LogP contribution >= 0.6 is 0 Å². The van der Waals surface area contributed by atoms with Crippen LogP contribution in [0.15, 0.2) is 96.2 Å². The van der Waals surface area contributed by atoms with Crippen LogP contribution in [0.4, 0.5) is 0 Å². The van der Waals surface area contributed by atoms with Gasteiger partial charge in [-0.1, -0.05) is 78.9 Å². The summed E-state index contributed by atoms with van der Waals surface area (Å²) >= 11 is 0. The van der Waals surface area contributed by atoms with Gasteiger partial charge in [-0.2, -0.15) is 0 Å². The van der Waals surface area contributed by atoms with Gasteiger partial charge in [0.05, 0.1) is 17.1 Å². The molecule has 162 valence electrons. The predicted molar refractivity (Wildman–Crippen MR) is 123 cm³/mol. The predicted octanol–water partition coefficient (Wildman–Crippen LogP) is 4.84. The quantitative estimate of drug-likeness (QED) is 0.418. The molecule has 0 spiro atoms. The Morgan fingerprint density at radius 1 is 0.812 bits per heavy atom. The third-order valence-corrected chi connectivity index (χ3v) is 6.69. The number of imidazole rings is 1. The van der Waals surface area contributed by atoms with E-state index < -0.39 is 15.8 Å². The molecule has 0 aliphatic carbocycles. The largest absolute Gasteiger partial charge is 0.481 e. The molecule has 0 aliphatic heterocycles. The molecule has 4 rings (SSSR count). The van der Waals surface area contributed by atoms with Crippen LogP contribution in [0.25, 0.3) is 28.2 Å². The number of benzene rings is 3. The van der Waals surface area contributed by atoms with Crippen molar-refractivity contribution in [3.63, 3.8) is 0 Å². The molecular formula is C25H22N2O4S. The fourth-order valence-electron chi connectivity index (χ4n) is 3.59. The standard InChI is InChI=1S/C25H22N2O4S/c28-22(29)17-10-18-32(30,31)25-26-23(19-11-4-1-5-12-19)24(20-13-6-2-7-14-20)27(25)21-15-8-3-9-16-21/h1-9,11-16H,10,17-18H2,(H,28,29). The van der Waals surface area contributed by atoms with Crippen LogP contribution < -0.4 is 0 Å². The van der Waals surface area contributed by atoms with E-state index in [0.29, 0.717) is 17.1 Å². The van der Waals surface area contributed by atoms with Crippen LogP contribution in [0.1, 0.15) is 12.8 Å². The molecule has 4 aromatic rings. The van der Waals surface area contributed by atoms with E-state index in [4.69, 9.17) is 5.11 Å². The zero-order valence-electron chi connectivity index (χ0n) is 17.3. The van der Waals surface area contributed by atoms with Crippen LogP contribution in [0.5, 0.6) is 0 Å². The molecular weight excluding hydrogens is 424 g/mol. The topological polar surface area (TPSA) is 89.3 Å². The first-order valence-corrected chi connectivity index (χ1v) is 11.9. The van der Waals surface area contributed by atoms with E-state index >= 15 is 0 Å². The second kappa shape index (κ2) is 9.20. The molecule has 0 radical (unpaired) electrons. The first-order chi connectivity index (χ1) is 15.5. The maximum atomic E-state index is 13.4. The maximum absolute atomic E-state index is 13.4. The van der Waals surface area contributed by atoms with Gasteiger partial charge in [0, 0.05) is 23.2 Å². The molecule has 0 amide bonds. The SMILES string of the molecule is O=C(O)CCCS(=O)(=O)c1nc(-c2ccccc2)c(-c2ccccc2)n1-c1ccccc1. The minimum Gasteiger partial charge on any atom is -0.481 e. The van der Waals surface area contributed by atoms with Crippen LogP contribution in [0.3, 0.4) is 0 Å². The van der Waals surface area contributed by atoms with E-state index in [9.17, 15) is 13.2 Å². The van der Waals surface area contributed by atoms with Crippen molar-refractivity contribution in [3.8, 4) is 28.2 Å². The lowest BCUT2D eigenvalue weighted by atomic mass is 10.0. The van der Waals surface area contributed by atoms with Crippen molar-refractivity contribution in [3.05, 3.63) is 91.0 Å². The lowest BCUT2D eigenvalue weighted by Gasteiger charge is -2.13. The Labute approximate surface area is 186 Å². The summed E-state index contributed by atoms with van der Waals surface area (Å²) < 4.78 is 28.4. The molecule has 0 saturated heterocycles. The van der Waals surface area contributed by atoms with E-state index in [1.165, 1.54) is 0 Å². The molecule has 7 heteroatoms. The zero-order chi connectivity index (χ0) is 22.6. The lowest BCUT2D eigenvalue weighted by molar-refractivity contribution is -0.137. The van der Waals surface area contributed by atoms with E-state index in [1.54, 1.807) is 4.57 Å². The van der Waals surface area contributed by atoms with Gasteiger partial charge < -0.3 is 5.11 Å². The highest BCUT2D eigenvalue weighted by atomic mass is 32.2. The van der Waals surface area contributed by atoms with E-state index in [1.807, 2.05) is 91.0 Å². The molecule has 6 nitrogen and oxygen atoms in total. The van der Waals surface area contributed by atoms with E-state index in [-0.39, 0.29) is 23.8 Å². The number of nitrogens with zero attached hydrogens (tertiary/aromatic N) is 2. The van der Waals surface area contributed by atoms with Crippen molar-refractivity contribution >= 4 is 15.8 Å². The van der Waals surface area contributed by atoms with Gasteiger partial charge in [0.25, 0.3) is 0 Å². The van der Waals surface area contributed by atoms with Crippen LogP contribution in [-0.4, -0.2) is 34.8 Å². The Bertz CT molecular complexity index is 1320. The molecule has 0 bridgehead atoms. The first-order valence-electron chi connectivity index (χ1n) is 10.2. The Morgan fingerprint density at radius 2 is 1.34 bits per heavy atom. The Morgan fingerprint density at radius 3 is 1.91 bits per heavy atom. The van der Waals surface area contributed by atoms with Crippen molar-refractivity contribution in [1.29, 1.82) is 0 Å². The van der Waals surface area contributed by atoms with Gasteiger partial charge in [-0.05, 0) is 18.6 Å². The molecule has 0 atom stereocenters. The lowest BCUT2D eigenvalue weighted by Crippen LogP contribution is -2.15. The fourth-order valence-corrected chi connectivity index (χ4v) is 5.00. The van der Waals surface area contributed by atoms with Crippen molar-refractivity contribution in [2.45, 2.75) is 18.0 Å². The maximum Gasteiger partial charge on any atom is 0.303 e. The van der Waals surface area contributed by atoms with Crippen molar-refractivity contribution < 1.29 is 18.3 Å². The van der Waals surface area contributed by atoms with Crippen molar-refractivity contribution in [2.24, 2.45) is 0 Å². The smallest absolute Gasteiger partial charge is 0.303 e. The molecule has 32 heavy (non-hydrogen) atoms. The number of hydrogen-bond acceptors (Lipinski definition) is 4. The van der Waals surface area contributed by atoms with Gasteiger partial charge in [0.15, 0.2) is 0 Å². The summed E-state index contributed by atoms with van der Waals surface area (Å²) in [5.41, 5.74) is 3.51. The van der Waals surface area contributed by atoms with Gasteiger partial charge in [-0.15, -0.1) is 0 Å². The second-order valence-electron chi connectivity index (χ2n) is 7.31. The van der Waals surface area contributed by atoms with Gasteiger partial charge in [0.2, 0.25) is 15.0 Å². The molecule has 1 aromatic heterocycles. The third kappa shape index (κ3) is 4.48. The highest BCUT2D eigenvalue weighted by molar-refractivity contribution is 7.91. The summed E-state index contributed by atoms with van der Waals surface area (Å²) in [6, 6.07) is 28.2. The number of aromatic nitrogens is 2. The second-order valence-corrected chi connectivity index (χ2v) is 9.31. The summed E-state index contributed by atoms with van der Waals surface area (Å²) in [6.45, 7) is 0. The monoisotopic (exact) mass is 446 g/mol. The number of rotatable bonds is 8. The van der Waals surface area contributed by atoms with Gasteiger partial charge in [-0.3, -0.25) is 9.36 Å². The fraction of sp³-hybridized carbons (Fsp3) is 0.120. The van der Waals surface area contributed by atoms with Crippen LogP contribution in [0.2, 0.25) is 0 Å². The molecule has 1 N–H and O–H groups in total. The average molecular weight is 447 g/mol. The first kappa shape index (κ1) is 21.5. The summed E-state index contributed by atoms with van der Waals surface area (Å²) in [6.07, 6.45) is -0.205. The van der Waals surface area contributed by atoms with Crippen LogP contribution in [0, 0.1) is 0 Å². The highest BCUT2D eigenvalue weighted by Gasteiger charge is 2.29. The van der Waals surface area contributed by atoms with Gasteiger partial charge in [0.1, 0.15) is 0 Å². The minimum atomic E-state index is -3.86. The molecule has 0 saturated carbocycles. The third-order valence-electron chi connectivity index (χ3n) is 5.04. The van der Waals surface area contributed by atoms with Gasteiger partial charge >= 0.3 is 5.97 Å². The summed E-state index contributed by atoms with van der Waals surface area (Å²) in [4.78, 5) is 15.6. The Kier molecular flexibility index (Phi) is 6.18. The average Bonchev–Trinajstić information content (AvgIpc) is 3.22. The number of carboxylic acids is 1. The van der Waals surface area contributed by atoms with Gasteiger partial charge in [-0.25, -0.2) is 13.4 Å². The molecule has 0 aliphatic rings. The van der Waals surface area contributed by atoms with Crippen LogP contribution in [-0.2, 0) is 14.6 Å². The Balaban J connectivity index is 2.00. The van der Waals surface area contributed by atoms with Crippen molar-refractivity contribution in [2.75, 3.05) is 5.75 Å². The number of sulfone groups is 1. The zero-order valence-corrected chi connectivity index (χ0v) is 18.1. The van der Waals surface area contributed by atoms with E-state index in [0.717, 1.165) is 11.1 Å². The molecule has 0 unspecified atom stereocenters. The normalized spacial score (nSPS) is 11.4. The molecule has 0 fully saturated rings. The van der Waals surface area contributed by atoms with E-state index in [2.05, 4.69) is 4.98 Å². The summed E-state index contributed by atoms with van der Waals surface area (Å²) in [7, 11) is -3.86. The number of aliphatic carboxylic acids is 1. The van der Waals surface area contributed by atoms with Crippen molar-refractivity contribution in [1.82, 2.24) is 9.55 Å². The molecule has 3 aromatic carbocycles. The molecule has 1 heterocycles. The highest BCUT2D eigenvalue weighted by Crippen LogP contribution is 2.36. The minimum absolute atomic E-state index is 0.0145. The number of para-hydroxylation sites is 1. The summed E-state index contributed by atoms with van der Waals surface area (Å²) in [5, 5.41) is 8.85. The number of hydrogen-bond donors (Lipinski definition) is 1.